The summed E-state index contributed by atoms with van der Waals surface area (Å²) in [5.74, 6) is -1.37. The molecule has 8 heteroatoms. The van der Waals surface area contributed by atoms with Crippen molar-refractivity contribution in [1.29, 1.82) is 0 Å². The van der Waals surface area contributed by atoms with Crippen LogP contribution in [0.5, 0.6) is 0 Å². The number of ether oxygens (including phenoxy) is 3. The van der Waals surface area contributed by atoms with Crippen molar-refractivity contribution < 1.29 is 33.7 Å². The summed E-state index contributed by atoms with van der Waals surface area (Å²) in [5, 5.41) is 11.2. The van der Waals surface area contributed by atoms with Crippen LogP contribution in [-0.2, 0) is 19.0 Å². The van der Waals surface area contributed by atoms with E-state index in [2.05, 4.69) is 16.6 Å². The molecule has 2 N–H and O–H groups in total. The van der Waals surface area contributed by atoms with Crippen LogP contribution in [0, 0.1) is 0 Å². The minimum Gasteiger partial charge on any atom is -0.480 e. The Morgan fingerprint density at radius 1 is 1.33 bits per heavy atom. The molecule has 120 valence electrons. The number of nitrogens with one attached hydrogen (secondary N) is 1. The van der Waals surface area contributed by atoms with Gasteiger partial charge in [0.2, 0.25) is 0 Å². The van der Waals surface area contributed by atoms with Crippen molar-refractivity contribution in [2.24, 2.45) is 0 Å². The van der Waals surface area contributed by atoms with Crippen LogP contribution in [0.25, 0.3) is 0 Å². The molecule has 0 radical (unpaired) electrons. The summed E-state index contributed by atoms with van der Waals surface area (Å²) in [4.78, 5) is 33.9. The molecule has 0 bridgehead atoms. The second-order valence-corrected chi connectivity index (χ2v) is 5.13. The highest BCUT2D eigenvalue weighted by atomic mass is 16.7. The molecule has 0 aromatic rings. The lowest BCUT2D eigenvalue weighted by Gasteiger charge is -2.24. The largest absolute Gasteiger partial charge is 0.508 e. The van der Waals surface area contributed by atoms with Gasteiger partial charge in [0, 0.05) is 0 Å². The van der Waals surface area contributed by atoms with Crippen LogP contribution >= 0.6 is 0 Å². The van der Waals surface area contributed by atoms with E-state index in [1.54, 1.807) is 20.8 Å². The van der Waals surface area contributed by atoms with Crippen LogP contribution in [0.1, 0.15) is 27.7 Å². The second-order valence-electron chi connectivity index (χ2n) is 5.13. The van der Waals surface area contributed by atoms with Gasteiger partial charge in [-0.25, -0.2) is 14.4 Å². The standard InChI is InChI=1S/C13H21NO7/c1-6-7-19-12(18)20-8(2)9(10(15)16)14-11(17)21-13(3,4)5/h6,8-9H,1,7H2,2-5H3,(H,14,17)(H,15,16). The summed E-state index contributed by atoms with van der Waals surface area (Å²) < 4.78 is 14.2. The molecule has 21 heavy (non-hydrogen) atoms. The number of carboxylic acids is 1. The molecular formula is C13H21NO7. The Labute approximate surface area is 123 Å². The van der Waals surface area contributed by atoms with E-state index in [0.29, 0.717) is 0 Å². The van der Waals surface area contributed by atoms with E-state index < -0.39 is 36.0 Å². The predicted octanol–water partition coefficient (Wildman–Crippen LogP) is 1.69. The van der Waals surface area contributed by atoms with E-state index in [4.69, 9.17) is 14.6 Å². The average Bonchev–Trinajstić information content (AvgIpc) is 2.30. The Kier molecular flexibility index (Phi) is 7.26. The Bertz CT molecular complexity index is 400. The molecule has 8 nitrogen and oxygen atoms in total. The third kappa shape index (κ3) is 8.51. The molecule has 0 aromatic heterocycles. The SMILES string of the molecule is C=CCOC(=O)OC(C)C(NC(=O)OC(C)(C)C)C(=O)O. The Balaban J connectivity index is 4.60. The van der Waals surface area contributed by atoms with Gasteiger partial charge in [-0.05, 0) is 27.7 Å². The second kappa shape index (κ2) is 8.13. The minimum absolute atomic E-state index is 0.0667. The maximum Gasteiger partial charge on any atom is 0.508 e. The van der Waals surface area contributed by atoms with Crippen molar-refractivity contribution in [3.63, 3.8) is 0 Å². The molecule has 0 aliphatic carbocycles. The molecule has 0 aliphatic rings. The highest BCUT2D eigenvalue weighted by Gasteiger charge is 2.31. The molecule has 0 saturated heterocycles. The molecule has 1 amide bonds. The van der Waals surface area contributed by atoms with Crippen molar-refractivity contribution in [3.8, 4) is 0 Å². The zero-order chi connectivity index (χ0) is 16.6. The van der Waals surface area contributed by atoms with Gasteiger partial charge >= 0.3 is 18.2 Å². The zero-order valence-corrected chi connectivity index (χ0v) is 12.5. The predicted molar refractivity (Wildman–Crippen MR) is 72.9 cm³/mol. The lowest BCUT2D eigenvalue weighted by atomic mass is 10.2. The van der Waals surface area contributed by atoms with Gasteiger partial charge in [-0.3, -0.25) is 0 Å². The first kappa shape index (κ1) is 18.8. The normalized spacial score (nSPS) is 13.5. The molecule has 0 aliphatic heterocycles. The number of carbonyl (C=O) groups is 3. The van der Waals surface area contributed by atoms with E-state index in [1.165, 1.54) is 13.0 Å². The number of alkyl carbamates (subject to hydrolysis) is 1. The molecule has 0 rings (SSSR count). The quantitative estimate of drug-likeness (QED) is 0.567. The summed E-state index contributed by atoms with van der Waals surface area (Å²) in [6.45, 7) is 9.49. The van der Waals surface area contributed by atoms with Gasteiger partial charge in [-0.1, -0.05) is 12.7 Å². The van der Waals surface area contributed by atoms with Crippen molar-refractivity contribution >= 4 is 18.2 Å². The fourth-order valence-corrected chi connectivity index (χ4v) is 1.20. The highest BCUT2D eigenvalue weighted by molar-refractivity contribution is 5.81. The summed E-state index contributed by atoms with van der Waals surface area (Å²) >= 11 is 0. The smallest absolute Gasteiger partial charge is 0.480 e. The lowest BCUT2D eigenvalue weighted by Crippen LogP contribution is -2.50. The molecule has 0 saturated carbocycles. The zero-order valence-electron chi connectivity index (χ0n) is 12.5. The van der Waals surface area contributed by atoms with E-state index >= 15 is 0 Å². The van der Waals surface area contributed by atoms with Crippen molar-refractivity contribution in [2.75, 3.05) is 6.61 Å². The molecule has 0 aromatic carbocycles. The van der Waals surface area contributed by atoms with Crippen LogP contribution in [0.2, 0.25) is 0 Å². The first-order valence-corrected chi connectivity index (χ1v) is 6.23. The van der Waals surface area contributed by atoms with Crippen LogP contribution in [0.3, 0.4) is 0 Å². The van der Waals surface area contributed by atoms with Gasteiger partial charge in [0.15, 0.2) is 6.04 Å². The maximum atomic E-state index is 11.6. The Morgan fingerprint density at radius 3 is 2.33 bits per heavy atom. The summed E-state index contributed by atoms with van der Waals surface area (Å²) in [5.41, 5.74) is -0.778. The monoisotopic (exact) mass is 303 g/mol. The van der Waals surface area contributed by atoms with Gasteiger partial charge in [0.25, 0.3) is 0 Å². The molecule has 0 fully saturated rings. The Hall–Kier alpha value is -2.25. The number of rotatable bonds is 6. The summed E-state index contributed by atoms with van der Waals surface area (Å²) in [6, 6.07) is -1.46. The number of carbonyl (C=O) groups excluding carboxylic acids is 2. The topological polar surface area (TPSA) is 111 Å². The first-order chi connectivity index (χ1) is 9.56. The number of carboxylic acid groups (broad SMARTS) is 1. The van der Waals surface area contributed by atoms with E-state index in [1.807, 2.05) is 0 Å². The van der Waals surface area contributed by atoms with Gasteiger partial charge in [-0.2, -0.15) is 0 Å². The molecule has 2 atom stereocenters. The highest BCUT2D eigenvalue weighted by Crippen LogP contribution is 2.08. The van der Waals surface area contributed by atoms with Crippen molar-refractivity contribution in [1.82, 2.24) is 5.32 Å². The molecule has 0 heterocycles. The number of hydrogen-bond acceptors (Lipinski definition) is 6. The first-order valence-electron chi connectivity index (χ1n) is 6.23. The van der Waals surface area contributed by atoms with Crippen molar-refractivity contribution in [3.05, 3.63) is 12.7 Å². The van der Waals surface area contributed by atoms with Crippen molar-refractivity contribution in [2.45, 2.75) is 45.4 Å². The van der Waals surface area contributed by atoms with Gasteiger partial charge in [-0.15, -0.1) is 0 Å². The lowest BCUT2D eigenvalue weighted by molar-refractivity contribution is -0.142. The summed E-state index contributed by atoms with van der Waals surface area (Å²) in [7, 11) is 0. The van der Waals surface area contributed by atoms with E-state index in [-0.39, 0.29) is 6.61 Å². The van der Waals surface area contributed by atoms with Gasteiger partial charge in [0.1, 0.15) is 18.3 Å². The van der Waals surface area contributed by atoms with E-state index in [0.717, 1.165) is 0 Å². The summed E-state index contributed by atoms with van der Waals surface area (Å²) in [6.07, 6.45) is -1.80. The Morgan fingerprint density at radius 2 is 1.90 bits per heavy atom. The third-order valence-electron chi connectivity index (χ3n) is 2.01. The van der Waals surface area contributed by atoms with E-state index in [9.17, 15) is 14.4 Å². The van der Waals surface area contributed by atoms with Crippen LogP contribution < -0.4 is 5.32 Å². The third-order valence-corrected chi connectivity index (χ3v) is 2.01. The molecular weight excluding hydrogens is 282 g/mol. The van der Waals surface area contributed by atoms with Gasteiger partial charge in [0.05, 0.1) is 0 Å². The van der Waals surface area contributed by atoms with Crippen LogP contribution in [0.4, 0.5) is 9.59 Å². The maximum absolute atomic E-state index is 11.6. The minimum atomic E-state index is -1.46. The van der Waals surface area contributed by atoms with Crippen LogP contribution in [-0.4, -0.2) is 47.7 Å². The fourth-order valence-electron chi connectivity index (χ4n) is 1.20. The van der Waals surface area contributed by atoms with Gasteiger partial charge < -0.3 is 24.6 Å². The number of hydrogen-bond donors (Lipinski definition) is 2. The number of aliphatic carboxylic acids is 1. The fraction of sp³-hybridized carbons (Fsp3) is 0.615. The van der Waals surface area contributed by atoms with Crippen LogP contribution in [0.15, 0.2) is 12.7 Å². The number of amides is 1. The average molecular weight is 303 g/mol. The molecule has 0 spiro atoms. The molecule has 2 unspecified atom stereocenters.